The average molecular weight is 427 g/mol. The highest BCUT2D eigenvalue weighted by Gasteiger charge is 2.16. The summed E-state index contributed by atoms with van der Waals surface area (Å²) in [6, 6.07) is 10.4. The van der Waals surface area contributed by atoms with E-state index in [1.54, 1.807) is 22.9 Å². The first kappa shape index (κ1) is 21.6. The van der Waals surface area contributed by atoms with Crippen molar-refractivity contribution in [2.75, 3.05) is 11.9 Å². The second-order valence-electron chi connectivity index (χ2n) is 6.88. The highest BCUT2D eigenvalue weighted by Crippen LogP contribution is 2.25. The lowest BCUT2D eigenvalue weighted by Gasteiger charge is -2.11. The third-order valence-corrected chi connectivity index (χ3v) is 5.07. The van der Waals surface area contributed by atoms with Crippen molar-refractivity contribution in [1.29, 1.82) is 0 Å². The molecule has 1 amide bonds. The molecular weight excluding hydrogens is 404 g/mol. The van der Waals surface area contributed by atoms with E-state index in [-0.39, 0.29) is 23.0 Å². The van der Waals surface area contributed by atoms with Crippen molar-refractivity contribution in [1.82, 2.24) is 4.57 Å². The first-order valence-electron chi connectivity index (χ1n) is 9.80. The molecular formula is C23H23ClN2O4. The smallest absolute Gasteiger partial charge is 0.339 e. The number of benzene rings is 2. The summed E-state index contributed by atoms with van der Waals surface area (Å²) in [4.78, 5) is 36.3. The van der Waals surface area contributed by atoms with Gasteiger partial charge in [0.05, 0.1) is 22.7 Å². The number of amides is 1. The van der Waals surface area contributed by atoms with Gasteiger partial charge in [-0.15, -0.1) is 0 Å². The summed E-state index contributed by atoms with van der Waals surface area (Å²) >= 11 is 6.10. The summed E-state index contributed by atoms with van der Waals surface area (Å²) in [6.07, 6.45) is 3.96. The third-order valence-electron chi connectivity index (χ3n) is 4.74. The molecule has 0 spiro atoms. The van der Waals surface area contributed by atoms with Gasteiger partial charge in [0.25, 0.3) is 0 Å². The van der Waals surface area contributed by atoms with E-state index in [2.05, 4.69) is 5.32 Å². The minimum atomic E-state index is -0.530. The van der Waals surface area contributed by atoms with Crippen molar-refractivity contribution < 1.29 is 19.1 Å². The van der Waals surface area contributed by atoms with Crippen molar-refractivity contribution in [2.45, 2.75) is 33.2 Å². The number of nitrogens with one attached hydrogen (secondary N) is 1. The maximum atomic E-state index is 12.7. The fourth-order valence-corrected chi connectivity index (χ4v) is 3.55. The normalized spacial score (nSPS) is 10.8. The van der Waals surface area contributed by atoms with Crippen molar-refractivity contribution >= 4 is 46.4 Å². The lowest BCUT2D eigenvalue weighted by atomic mass is 10.1. The topological polar surface area (TPSA) is 77.4 Å². The number of halogens is 1. The molecule has 1 heterocycles. The molecule has 3 rings (SSSR count). The van der Waals surface area contributed by atoms with Crippen molar-refractivity contribution in [3.05, 3.63) is 64.3 Å². The molecule has 0 unspecified atom stereocenters. The van der Waals surface area contributed by atoms with Crippen LogP contribution in [0.25, 0.3) is 10.9 Å². The van der Waals surface area contributed by atoms with Gasteiger partial charge in [-0.3, -0.25) is 9.59 Å². The van der Waals surface area contributed by atoms with Crippen LogP contribution in [0, 0.1) is 0 Å². The number of para-hydroxylation sites is 1. The number of ether oxygens (including phenoxy) is 1. The Morgan fingerprint density at radius 3 is 2.70 bits per heavy atom. The molecule has 2 aromatic carbocycles. The molecule has 0 saturated carbocycles. The number of nitrogens with zero attached hydrogens (tertiary/aromatic N) is 1. The molecule has 3 aromatic rings. The van der Waals surface area contributed by atoms with Gasteiger partial charge in [0.2, 0.25) is 5.91 Å². The Morgan fingerprint density at radius 1 is 1.20 bits per heavy atom. The highest BCUT2D eigenvalue weighted by atomic mass is 35.5. The van der Waals surface area contributed by atoms with Gasteiger partial charge < -0.3 is 14.6 Å². The van der Waals surface area contributed by atoms with Gasteiger partial charge >= 0.3 is 5.97 Å². The number of fused-ring (bicyclic) bond motifs is 1. The Bertz CT molecular complexity index is 1100. The molecule has 156 valence electrons. The number of rotatable bonds is 8. The lowest BCUT2D eigenvalue weighted by molar-refractivity contribution is -0.116. The number of aldehydes is 1. The van der Waals surface area contributed by atoms with Crippen molar-refractivity contribution in [3.8, 4) is 0 Å². The molecule has 0 radical (unpaired) electrons. The SMILES string of the molecule is CCCOC(=O)c1cc(NC(=O)Cn2cc(C=O)c3cccc(CC)c32)ccc1Cl. The number of aromatic nitrogens is 1. The number of esters is 1. The van der Waals surface area contributed by atoms with Crippen LogP contribution < -0.4 is 5.32 Å². The van der Waals surface area contributed by atoms with Gasteiger partial charge in [-0.1, -0.05) is 43.6 Å². The number of hydrogen-bond acceptors (Lipinski definition) is 4. The van der Waals surface area contributed by atoms with Gasteiger partial charge in [-0.25, -0.2) is 4.79 Å². The van der Waals surface area contributed by atoms with E-state index in [0.29, 0.717) is 24.3 Å². The van der Waals surface area contributed by atoms with Crippen molar-refractivity contribution in [2.24, 2.45) is 0 Å². The predicted octanol–water partition coefficient (Wildman–Crippen LogP) is 4.88. The molecule has 1 N–H and O–H groups in total. The zero-order valence-electron chi connectivity index (χ0n) is 16.9. The van der Waals surface area contributed by atoms with Crippen LogP contribution in [-0.2, 0) is 22.5 Å². The van der Waals surface area contributed by atoms with E-state index in [1.807, 2.05) is 32.0 Å². The van der Waals surface area contributed by atoms with Crippen LogP contribution in [0.3, 0.4) is 0 Å². The minimum absolute atomic E-state index is 0.0274. The predicted molar refractivity (Wildman–Crippen MR) is 117 cm³/mol. The Kier molecular flexibility index (Phi) is 6.90. The Labute approximate surface area is 179 Å². The summed E-state index contributed by atoms with van der Waals surface area (Å²) in [5, 5.41) is 3.87. The van der Waals surface area contributed by atoms with E-state index < -0.39 is 5.97 Å². The van der Waals surface area contributed by atoms with Gasteiger partial charge in [-0.05, 0) is 36.6 Å². The van der Waals surface area contributed by atoms with Crippen LogP contribution in [0.1, 0.15) is 46.5 Å². The first-order chi connectivity index (χ1) is 14.5. The zero-order valence-corrected chi connectivity index (χ0v) is 17.7. The van der Waals surface area contributed by atoms with Gasteiger partial charge in [0.1, 0.15) is 6.54 Å². The average Bonchev–Trinajstić information content (AvgIpc) is 3.10. The van der Waals surface area contributed by atoms with Crippen LogP contribution >= 0.6 is 11.6 Å². The van der Waals surface area contributed by atoms with E-state index in [0.717, 1.165) is 29.2 Å². The second kappa shape index (κ2) is 9.59. The fraction of sp³-hybridized carbons (Fsp3) is 0.261. The number of anilines is 1. The van der Waals surface area contributed by atoms with Crippen LogP contribution in [0.5, 0.6) is 0 Å². The second-order valence-corrected chi connectivity index (χ2v) is 7.28. The number of aryl methyl sites for hydroxylation is 1. The highest BCUT2D eigenvalue weighted by molar-refractivity contribution is 6.33. The van der Waals surface area contributed by atoms with E-state index in [9.17, 15) is 14.4 Å². The number of carbonyl (C=O) groups is 3. The standard InChI is InChI=1S/C23H23ClN2O4/c1-3-10-30-23(29)19-11-17(8-9-20(19)24)25-21(28)13-26-12-16(14-27)18-7-5-6-15(4-2)22(18)26/h5-9,11-12,14H,3-4,10,13H2,1-2H3,(H,25,28). The molecule has 0 aliphatic rings. The van der Waals surface area contributed by atoms with Gasteiger partial charge in [0, 0.05) is 22.8 Å². The molecule has 0 atom stereocenters. The van der Waals surface area contributed by atoms with E-state index >= 15 is 0 Å². The van der Waals surface area contributed by atoms with E-state index in [1.165, 1.54) is 6.07 Å². The third kappa shape index (κ3) is 4.54. The molecule has 0 aliphatic carbocycles. The molecule has 0 fully saturated rings. The van der Waals surface area contributed by atoms with Gasteiger partial charge in [-0.2, -0.15) is 0 Å². The maximum Gasteiger partial charge on any atom is 0.339 e. The Hall–Kier alpha value is -3.12. The fourth-order valence-electron chi connectivity index (χ4n) is 3.36. The summed E-state index contributed by atoms with van der Waals surface area (Å²) in [5.41, 5.74) is 3.11. The number of hydrogen-bond donors (Lipinski definition) is 1. The number of carbonyl (C=O) groups excluding carboxylic acids is 3. The molecule has 1 aromatic heterocycles. The lowest BCUT2D eigenvalue weighted by Crippen LogP contribution is -2.19. The van der Waals surface area contributed by atoms with Crippen LogP contribution in [0.15, 0.2) is 42.6 Å². The minimum Gasteiger partial charge on any atom is -0.462 e. The Balaban J connectivity index is 1.83. The molecule has 0 saturated heterocycles. The summed E-state index contributed by atoms with van der Waals surface area (Å²) in [6.45, 7) is 4.25. The summed E-state index contributed by atoms with van der Waals surface area (Å²) in [7, 11) is 0. The van der Waals surface area contributed by atoms with Crippen molar-refractivity contribution in [3.63, 3.8) is 0 Å². The maximum absolute atomic E-state index is 12.7. The monoisotopic (exact) mass is 426 g/mol. The molecule has 30 heavy (non-hydrogen) atoms. The molecule has 0 aliphatic heterocycles. The Morgan fingerprint density at radius 2 is 2.00 bits per heavy atom. The van der Waals surface area contributed by atoms with Crippen LogP contribution in [0.2, 0.25) is 5.02 Å². The molecule has 7 heteroatoms. The summed E-state index contributed by atoms with van der Waals surface area (Å²) < 4.78 is 6.91. The zero-order chi connectivity index (χ0) is 21.7. The quantitative estimate of drug-likeness (QED) is 0.411. The molecule has 0 bridgehead atoms. The largest absolute Gasteiger partial charge is 0.462 e. The molecule has 6 nitrogen and oxygen atoms in total. The van der Waals surface area contributed by atoms with Crippen LogP contribution in [0.4, 0.5) is 5.69 Å². The van der Waals surface area contributed by atoms with E-state index in [4.69, 9.17) is 16.3 Å². The van der Waals surface area contributed by atoms with Crippen LogP contribution in [-0.4, -0.2) is 29.3 Å². The first-order valence-corrected chi connectivity index (χ1v) is 10.2. The van der Waals surface area contributed by atoms with Gasteiger partial charge in [0.15, 0.2) is 6.29 Å². The summed E-state index contributed by atoms with van der Waals surface area (Å²) in [5.74, 6) is -0.817.